The Kier molecular flexibility index (Phi) is 10.5. The molecular weight excluding hydrogens is 264 g/mol. The molecule has 0 aromatic carbocycles. The van der Waals surface area contributed by atoms with Crippen LogP contribution in [0.4, 0.5) is 0 Å². The van der Waals surface area contributed by atoms with Crippen LogP contribution in [0.5, 0.6) is 0 Å². The molecule has 0 atom stereocenters. The van der Waals surface area contributed by atoms with Crippen molar-refractivity contribution in [2.75, 3.05) is 26.4 Å². The first-order chi connectivity index (χ1) is 9.14. The Hall–Kier alpha value is -0.873. The summed E-state index contributed by atoms with van der Waals surface area (Å²) in [4.78, 5) is 11.1. The second-order valence-corrected chi connectivity index (χ2v) is 6.42. The number of hydrogen-bond acceptors (Lipinski definition) is 5. The molecule has 0 aromatic heterocycles. The van der Waals surface area contributed by atoms with Gasteiger partial charge in [0.2, 0.25) is 0 Å². The monoisotopic (exact) mass is 288 g/mol. The van der Waals surface area contributed by atoms with E-state index in [4.69, 9.17) is 24.4 Å². The van der Waals surface area contributed by atoms with E-state index in [2.05, 4.69) is 5.92 Å². The van der Waals surface area contributed by atoms with Crippen LogP contribution in [-0.4, -0.2) is 41.2 Å². The van der Waals surface area contributed by atoms with E-state index >= 15 is 0 Å². The Bertz CT molecular complexity index is 270. The van der Waals surface area contributed by atoms with E-state index in [-0.39, 0.29) is 12.4 Å². The summed E-state index contributed by atoms with van der Waals surface area (Å²) in [6.07, 6.45) is 5.66. The number of terminal acetylenes is 1. The molecule has 0 amide bonds. The highest BCUT2D eigenvalue weighted by Gasteiger charge is 2.39. The van der Waals surface area contributed by atoms with Crippen molar-refractivity contribution in [3.05, 3.63) is 0 Å². The van der Waals surface area contributed by atoms with Crippen molar-refractivity contribution < 1.29 is 22.8 Å². The van der Waals surface area contributed by atoms with Gasteiger partial charge < -0.3 is 18.0 Å². The van der Waals surface area contributed by atoms with Crippen LogP contribution < -0.4 is 0 Å². The highest BCUT2D eigenvalue weighted by Crippen LogP contribution is 2.18. The van der Waals surface area contributed by atoms with E-state index in [1.807, 2.05) is 20.8 Å². The maximum absolute atomic E-state index is 11.1. The van der Waals surface area contributed by atoms with Crippen molar-refractivity contribution >= 4 is 14.8 Å². The van der Waals surface area contributed by atoms with Crippen molar-refractivity contribution in [3.63, 3.8) is 0 Å². The molecule has 0 aromatic rings. The SMILES string of the molecule is C#CCC(=O)OCCC[Si](OCC)(OCC)OCC. The summed E-state index contributed by atoms with van der Waals surface area (Å²) in [6, 6.07) is 0.631. The fourth-order valence-corrected chi connectivity index (χ4v) is 4.19. The molecule has 0 heterocycles. The van der Waals surface area contributed by atoms with Crippen LogP contribution in [-0.2, 0) is 22.8 Å². The maximum atomic E-state index is 11.1. The van der Waals surface area contributed by atoms with E-state index in [1.165, 1.54) is 0 Å². The van der Waals surface area contributed by atoms with Gasteiger partial charge in [-0.15, -0.1) is 6.42 Å². The zero-order chi connectivity index (χ0) is 14.6. The Balaban J connectivity index is 4.17. The number of rotatable bonds is 11. The van der Waals surface area contributed by atoms with Crippen LogP contribution in [0.2, 0.25) is 6.04 Å². The molecule has 0 aliphatic heterocycles. The quantitative estimate of drug-likeness (QED) is 0.252. The van der Waals surface area contributed by atoms with Gasteiger partial charge in [-0.1, -0.05) is 5.92 Å². The summed E-state index contributed by atoms with van der Waals surface area (Å²) in [7, 11) is -2.62. The van der Waals surface area contributed by atoms with Crippen LogP contribution in [0, 0.1) is 12.3 Å². The summed E-state index contributed by atoms with van der Waals surface area (Å²) in [5.74, 6) is 1.87. The molecule has 0 fully saturated rings. The number of carbonyl (C=O) groups is 1. The molecule has 0 bridgehead atoms. The van der Waals surface area contributed by atoms with Gasteiger partial charge in [-0.3, -0.25) is 4.79 Å². The van der Waals surface area contributed by atoms with E-state index in [0.29, 0.717) is 38.9 Å². The minimum Gasteiger partial charge on any atom is -0.465 e. The fourth-order valence-electron chi connectivity index (χ4n) is 1.61. The van der Waals surface area contributed by atoms with Gasteiger partial charge in [0.15, 0.2) is 0 Å². The third-order valence-corrected chi connectivity index (χ3v) is 5.38. The summed E-state index contributed by atoms with van der Waals surface area (Å²) < 4.78 is 22.0. The molecule has 5 nitrogen and oxygen atoms in total. The first-order valence-corrected chi connectivity index (χ1v) is 8.58. The minimum absolute atomic E-state index is 0.00491. The molecule has 0 aliphatic carbocycles. The van der Waals surface area contributed by atoms with Crippen molar-refractivity contribution in [1.82, 2.24) is 0 Å². The number of ether oxygens (including phenoxy) is 1. The van der Waals surface area contributed by atoms with Crippen LogP contribution in [0.25, 0.3) is 0 Å². The van der Waals surface area contributed by atoms with Crippen LogP contribution in [0.15, 0.2) is 0 Å². The molecule has 0 aliphatic rings. The molecular formula is C13H24O5Si. The van der Waals surface area contributed by atoms with Crippen LogP contribution in [0.3, 0.4) is 0 Å². The van der Waals surface area contributed by atoms with E-state index < -0.39 is 8.80 Å². The van der Waals surface area contributed by atoms with Crippen LogP contribution in [0.1, 0.15) is 33.6 Å². The van der Waals surface area contributed by atoms with Gasteiger partial charge >= 0.3 is 14.8 Å². The molecule has 0 radical (unpaired) electrons. The summed E-state index contributed by atoms with van der Waals surface area (Å²) in [6.45, 7) is 7.67. The topological polar surface area (TPSA) is 54.0 Å². The van der Waals surface area contributed by atoms with Crippen LogP contribution >= 0.6 is 0 Å². The van der Waals surface area contributed by atoms with E-state index in [0.717, 1.165) is 0 Å². The normalized spacial score (nSPS) is 11.1. The van der Waals surface area contributed by atoms with Crippen molar-refractivity contribution in [3.8, 4) is 12.3 Å². The lowest BCUT2D eigenvalue weighted by Crippen LogP contribution is -2.46. The lowest BCUT2D eigenvalue weighted by atomic mass is 10.4. The second-order valence-electron chi connectivity index (χ2n) is 3.69. The molecule has 0 spiro atoms. The summed E-state index contributed by atoms with van der Waals surface area (Å²) in [5.41, 5.74) is 0. The lowest BCUT2D eigenvalue weighted by Gasteiger charge is -2.28. The van der Waals surface area contributed by atoms with Gasteiger partial charge in [-0.25, -0.2) is 0 Å². The Morgan fingerprint density at radius 2 is 1.63 bits per heavy atom. The first kappa shape index (κ1) is 18.1. The largest absolute Gasteiger partial charge is 0.501 e. The molecule has 19 heavy (non-hydrogen) atoms. The number of carbonyl (C=O) groups excluding carboxylic acids is 1. The smallest absolute Gasteiger partial charge is 0.465 e. The van der Waals surface area contributed by atoms with Gasteiger partial charge in [0, 0.05) is 25.9 Å². The van der Waals surface area contributed by atoms with Gasteiger partial charge in [-0.2, -0.15) is 0 Å². The van der Waals surface area contributed by atoms with Gasteiger partial charge in [0.05, 0.1) is 6.61 Å². The molecule has 0 N–H and O–H groups in total. The summed E-state index contributed by atoms with van der Waals surface area (Å²) in [5, 5.41) is 0. The predicted molar refractivity (Wildman–Crippen MR) is 74.5 cm³/mol. The highest BCUT2D eigenvalue weighted by atomic mass is 28.4. The average molecular weight is 288 g/mol. The average Bonchev–Trinajstić information content (AvgIpc) is 2.36. The standard InChI is InChI=1S/C13H24O5Si/c1-5-10-13(14)15-11-9-12-19(16-6-2,17-7-3)18-8-4/h1H,6-12H2,2-4H3. The zero-order valence-corrected chi connectivity index (χ0v) is 13.1. The second kappa shape index (κ2) is 11.0. The molecule has 0 rings (SSSR count). The number of hydrogen-bond donors (Lipinski definition) is 0. The molecule has 6 heteroatoms. The first-order valence-electron chi connectivity index (χ1n) is 6.65. The fraction of sp³-hybridized carbons (Fsp3) is 0.769. The molecule has 0 unspecified atom stereocenters. The molecule has 0 saturated carbocycles. The zero-order valence-electron chi connectivity index (χ0n) is 12.1. The summed E-state index contributed by atoms with van der Waals surface area (Å²) >= 11 is 0. The van der Waals surface area contributed by atoms with Crippen molar-refractivity contribution in [2.24, 2.45) is 0 Å². The highest BCUT2D eigenvalue weighted by molar-refractivity contribution is 6.60. The number of esters is 1. The van der Waals surface area contributed by atoms with E-state index in [1.54, 1.807) is 0 Å². The third-order valence-electron chi connectivity index (χ3n) is 2.23. The van der Waals surface area contributed by atoms with Gasteiger partial charge in [0.25, 0.3) is 0 Å². The Labute approximate surface area is 116 Å². The Morgan fingerprint density at radius 1 is 1.11 bits per heavy atom. The maximum Gasteiger partial charge on any atom is 0.501 e. The van der Waals surface area contributed by atoms with Crippen molar-refractivity contribution in [2.45, 2.75) is 39.7 Å². The third kappa shape index (κ3) is 8.00. The predicted octanol–water partition coefficient (Wildman–Crippen LogP) is 1.99. The van der Waals surface area contributed by atoms with Gasteiger partial charge in [0.1, 0.15) is 6.42 Å². The lowest BCUT2D eigenvalue weighted by molar-refractivity contribution is -0.142. The Morgan fingerprint density at radius 3 is 2.05 bits per heavy atom. The van der Waals surface area contributed by atoms with Gasteiger partial charge in [-0.05, 0) is 27.2 Å². The van der Waals surface area contributed by atoms with E-state index in [9.17, 15) is 4.79 Å². The minimum atomic E-state index is -2.62. The molecule has 0 saturated heterocycles. The van der Waals surface area contributed by atoms with Crippen molar-refractivity contribution in [1.29, 1.82) is 0 Å². The molecule has 110 valence electrons.